The molecule has 1 atom stereocenters. The van der Waals surface area contributed by atoms with E-state index >= 15 is 0 Å². The van der Waals surface area contributed by atoms with E-state index in [1.165, 1.54) is 17.5 Å². The van der Waals surface area contributed by atoms with E-state index in [-0.39, 0.29) is 21.5 Å². The zero-order valence-electron chi connectivity index (χ0n) is 11.2. The first-order chi connectivity index (χ1) is 9.67. The lowest BCUT2D eigenvalue weighted by molar-refractivity contribution is 0.187. The molecule has 21 heavy (non-hydrogen) atoms. The van der Waals surface area contributed by atoms with Gasteiger partial charge in [-0.3, -0.25) is 0 Å². The van der Waals surface area contributed by atoms with Crippen LogP contribution < -0.4 is 5.14 Å². The average Bonchev–Trinajstić information content (AvgIpc) is 2.82. The van der Waals surface area contributed by atoms with Crippen molar-refractivity contribution in [2.45, 2.75) is 20.2 Å². The molecule has 0 bridgehead atoms. The van der Waals surface area contributed by atoms with Gasteiger partial charge in [-0.1, -0.05) is 0 Å². The maximum Gasteiger partial charge on any atom is 0.252 e. The lowest BCUT2D eigenvalue weighted by Crippen LogP contribution is -2.38. The Morgan fingerprint density at radius 2 is 2.24 bits per heavy atom. The second kappa shape index (κ2) is 6.11. The standard InChI is InChI=1S/C10H15ClN2O5S3/c1-18-4-2-3-13-6-8(11)7-5-9(20(12,14)15)19-10(7)21(13,16)17/h5,8H,2-4,6H2,1H3,(H2,12,14,15)/t8-/m0/s1. The van der Waals surface area contributed by atoms with Gasteiger partial charge < -0.3 is 4.74 Å². The molecule has 2 N–H and O–H groups in total. The van der Waals surface area contributed by atoms with Gasteiger partial charge in [0.15, 0.2) is 0 Å². The second-order valence-electron chi connectivity index (χ2n) is 4.53. The molecule has 2 heterocycles. The molecule has 120 valence electrons. The van der Waals surface area contributed by atoms with Gasteiger partial charge in [-0.2, -0.15) is 4.31 Å². The highest BCUT2D eigenvalue weighted by molar-refractivity contribution is 7.94. The number of hydrogen-bond acceptors (Lipinski definition) is 6. The van der Waals surface area contributed by atoms with Crippen LogP contribution in [-0.2, 0) is 24.8 Å². The van der Waals surface area contributed by atoms with Crippen LogP contribution in [0.2, 0.25) is 0 Å². The number of methoxy groups -OCH3 is 1. The molecule has 0 amide bonds. The van der Waals surface area contributed by atoms with Crippen LogP contribution in [0.3, 0.4) is 0 Å². The Kier molecular flexibility index (Phi) is 4.98. The van der Waals surface area contributed by atoms with Gasteiger partial charge in [0.1, 0.15) is 8.42 Å². The number of fused-ring (bicyclic) bond motifs is 1. The molecule has 0 aromatic carbocycles. The molecule has 0 aliphatic carbocycles. The lowest BCUT2D eigenvalue weighted by atomic mass is 10.2. The van der Waals surface area contributed by atoms with Crippen molar-refractivity contribution >= 4 is 43.0 Å². The maximum atomic E-state index is 12.5. The number of thiophene rings is 1. The van der Waals surface area contributed by atoms with Crippen molar-refractivity contribution in [3.8, 4) is 0 Å². The minimum atomic E-state index is -3.95. The number of nitrogens with zero attached hydrogens (tertiary/aromatic N) is 1. The van der Waals surface area contributed by atoms with E-state index < -0.39 is 25.4 Å². The van der Waals surface area contributed by atoms with E-state index in [9.17, 15) is 16.8 Å². The molecule has 0 radical (unpaired) electrons. The summed E-state index contributed by atoms with van der Waals surface area (Å²) < 4.78 is 53.6. The minimum absolute atomic E-state index is 0.0461. The normalized spacial score (nSPS) is 22.1. The summed E-state index contributed by atoms with van der Waals surface area (Å²) in [6.07, 6.45) is 0.530. The van der Waals surface area contributed by atoms with E-state index in [4.69, 9.17) is 21.5 Å². The predicted octanol–water partition coefficient (Wildman–Crippen LogP) is 0.716. The Labute approximate surface area is 132 Å². The molecule has 1 aromatic rings. The minimum Gasteiger partial charge on any atom is -0.385 e. The average molecular weight is 375 g/mol. The Hall–Kier alpha value is -0.230. The summed E-state index contributed by atoms with van der Waals surface area (Å²) in [5.41, 5.74) is 0.300. The van der Waals surface area contributed by atoms with Crippen LogP contribution in [0.15, 0.2) is 14.5 Å². The summed E-state index contributed by atoms with van der Waals surface area (Å²) in [6, 6.07) is 1.25. The molecular formula is C10H15ClN2O5S3. The fraction of sp³-hybridized carbons (Fsp3) is 0.600. The smallest absolute Gasteiger partial charge is 0.252 e. The van der Waals surface area contributed by atoms with Gasteiger partial charge in [-0.05, 0) is 12.5 Å². The molecule has 0 fully saturated rings. The summed E-state index contributed by atoms with van der Waals surface area (Å²) in [5.74, 6) is 0. The zero-order valence-corrected chi connectivity index (χ0v) is 14.4. The zero-order chi connectivity index (χ0) is 15.8. The summed E-state index contributed by atoms with van der Waals surface area (Å²) in [7, 11) is -6.16. The van der Waals surface area contributed by atoms with Crippen molar-refractivity contribution < 1.29 is 21.6 Å². The van der Waals surface area contributed by atoms with Crippen LogP contribution in [-0.4, -0.2) is 47.9 Å². The third-order valence-electron chi connectivity index (χ3n) is 3.01. The van der Waals surface area contributed by atoms with Gasteiger partial charge in [-0.15, -0.1) is 22.9 Å². The first-order valence-corrected chi connectivity index (χ1v) is 10.2. The first-order valence-electron chi connectivity index (χ1n) is 5.97. The van der Waals surface area contributed by atoms with Crippen LogP contribution in [0.1, 0.15) is 17.4 Å². The predicted molar refractivity (Wildman–Crippen MR) is 79.5 cm³/mol. The molecule has 0 saturated carbocycles. The molecule has 0 saturated heterocycles. The molecular weight excluding hydrogens is 360 g/mol. The summed E-state index contributed by atoms with van der Waals surface area (Å²) >= 11 is 6.82. The molecule has 1 aliphatic rings. The highest BCUT2D eigenvalue weighted by Crippen LogP contribution is 2.42. The number of hydrogen-bond donors (Lipinski definition) is 1. The fourth-order valence-electron chi connectivity index (χ4n) is 2.01. The van der Waals surface area contributed by atoms with Crippen LogP contribution in [0.25, 0.3) is 0 Å². The van der Waals surface area contributed by atoms with Gasteiger partial charge in [0, 0.05) is 32.4 Å². The van der Waals surface area contributed by atoms with Crippen LogP contribution in [0.5, 0.6) is 0 Å². The third kappa shape index (κ3) is 3.41. The molecule has 0 spiro atoms. The van der Waals surface area contributed by atoms with Crippen molar-refractivity contribution in [1.29, 1.82) is 0 Å². The first kappa shape index (κ1) is 17.1. The summed E-state index contributed by atoms with van der Waals surface area (Å²) in [4.78, 5) is 0. The quantitative estimate of drug-likeness (QED) is 0.603. The fourth-order valence-corrected chi connectivity index (χ4v) is 6.87. The van der Waals surface area contributed by atoms with Gasteiger partial charge in [0.2, 0.25) is 10.0 Å². The van der Waals surface area contributed by atoms with Crippen molar-refractivity contribution in [1.82, 2.24) is 4.31 Å². The van der Waals surface area contributed by atoms with E-state index in [1.54, 1.807) is 0 Å². The Morgan fingerprint density at radius 3 is 2.81 bits per heavy atom. The highest BCUT2D eigenvalue weighted by Gasteiger charge is 2.39. The van der Waals surface area contributed by atoms with Crippen molar-refractivity contribution in [2.75, 3.05) is 26.8 Å². The van der Waals surface area contributed by atoms with Crippen molar-refractivity contribution in [3.05, 3.63) is 11.6 Å². The lowest BCUT2D eigenvalue weighted by Gasteiger charge is -2.29. The van der Waals surface area contributed by atoms with Gasteiger partial charge >= 0.3 is 0 Å². The van der Waals surface area contributed by atoms with Gasteiger partial charge in [-0.25, -0.2) is 22.0 Å². The Morgan fingerprint density at radius 1 is 1.57 bits per heavy atom. The molecule has 7 nitrogen and oxygen atoms in total. The van der Waals surface area contributed by atoms with Crippen molar-refractivity contribution in [3.63, 3.8) is 0 Å². The van der Waals surface area contributed by atoms with E-state index in [0.29, 0.717) is 29.9 Å². The van der Waals surface area contributed by atoms with Crippen LogP contribution in [0, 0.1) is 0 Å². The van der Waals surface area contributed by atoms with Crippen LogP contribution >= 0.6 is 22.9 Å². The molecule has 0 unspecified atom stereocenters. The van der Waals surface area contributed by atoms with Gasteiger partial charge in [0.25, 0.3) is 10.0 Å². The van der Waals surface area contributed by atoms with E-state index in [2.05, 4.69) is 0 Å². The van der Waals surface area contributed by atoms with Crippen LogP contribution in [0.4, 0.5) is 0 Å². The number of rotatable bonds is 5. The summed E-state index contributed by atoms with van der Waals surface area (Å²) in [5, 5.41) is 4.45. The number of ether oxygens (including phenoxy) is 1. The topological polar surface area (TPSA) is 107 Å². The van der Waals surface area contributed by atoms with E-state index in [0.717, 1.165) is 0 Å². The number of primary sulfonamides is 1. The Bertz CT molecular complexity index is 728. The molecule has 11 heteroatoms. The molecule has 2 rings (SSSR count). The number of nitrogens with two attached hydrogens (primary N) is 1. The van der Waals surface area contributed by atoms with E-state index in [1.807, 2.05) is 0 Å². The monoisotopic (exact) mass is 374 g/mol. The van der Waals surface area contributed by atoms with Crippen molar-refractivity contribution in [2.24, 2.45) is 5.14 Å². The second-order valence-corrected chi connectivity index (χ2v) is 10.0. The number of sulfonamides is 2. The highest BCUT2D eigenvalue weighted by atomic mass is 35.5. The third-order valence-corrected chi connectivity index (χ3v) is 8.35. The Balaban J connectivity index is 2.40. The SMILES string of the molecule is COCCCN1C[C@H](Cl)c2cc(S(N)(=O)=O)sc2S1(=O)=O. The molecule has 1 aliphatic heterocycles. The summed E-state index contributed by atoms with van der Waals surface area (Å²) in [6.45, 7) is 0.793. The number of alkyl halides is 1. The number of halogens is 1. The maximum absolute atomic E-state index is 12.5. The van der Waals surface area contributed by atoms with Gasteiger partial charge in [0.05, 0.1) is 5.38 Å². The molecule has 1 aromatic heterocycles. The largest absolute Gasteiger partial charge is 0.385 e.